The van der Waals surface area contributed by atoms with Gasteiger partial charge < -0.3 is 21.3 Å². The highest BCUT2D eigenvalue weighted by atomic mass is 19.1. The zero-order chi connectivity index (χ0) is 18.9. The molecule has 4 N–H and O–H groups in total. The lowest BCUT2D eigenvalue weighted by atomic mass is 9.95. The van der Waals surface area contributed by atoms with Crippen LogP contribution in [0.2, 0.25) is 0 Å². The van der Waals surface area contributed by atoms with Gasteiger partial charge in [0.1, 0.15) is 5.82 Å². The van der Waals surface area contributed by atoms with Crippen LogP contribution in [0.1, 0.15) is 45.4 Å². The smallest absolute Gasteiger partial charge is 0.319 e. The minimum atomic E-state index is -0.621. The van der Waals surface area contributed by atoms with E-state index in [4.69, 9.17) is 0 Å². The Hall–Kier alpha value is -2.64. The van der Waals surface area contributed by atoms with Gasteiger partial charge in [0.15, 0.2) is 0 Å². The largest absolute Gasteiger partial charge is 0.353 e. The van der Waals surface area contributed by atoms with Crippen molar-refractivity contribution in [1.82, 2.24) is 10.6 Å². The van der Waals surface area contributed by atoms with Gasteiger partial charge in [0.25, 0.3) is 0 Å². The Kier molecular flexibility index (Phi) is 7.37. The summed E-state index contributed by atoms with van der Waals surface area (Å²) >= 11 is 0. The van der Waals surface area contributed by atoms with E-state index >= 15 is 0 Å². The number of halogens is 1. The summed E-state index contributed by atoms with van der Waals surface area (Å²) in [6, 6.07) is 3.49. The number of hydrogen-bond acceptors (Lipinski definition) is 3. The molecule has 1 aromatic rings. The minimum absolute atomic E-state index is 0.0552. The fourth-order valence-corrected chi connectivity index (χ4v) is 2.90. The van der Waals surface area contributed by atoms with Crippen LogP contribution in [0.3, 0.4) is 0 Å². The van der Waals surface area contributed by atoms with Gasteiger partial charge in [-0.25, -0.2) is 9.18 Å². The zero-order valence-electron chi connectivity index (χ0n) is 14.9. The number of carbonyl (C=O) groups excluding carboxylic acids is 3. The first-order valence-electron chi connectivity index (χ1n) is 8.85. The van der Waals surface area contributed by atoms with Gasteiger partial charge in [0.05, 0.1) is 5.69 Å². The van der Waals surface area contributed by atoms with E-state index in [2.05, 4.69) is 21.3 Å². The number of nitrogens with one attached hydrogen (secondary N) is 4. The van der Waals surface area contributed by atoms with E-state index in [1.54, 1.807) is 0 Å². The predicted octanol–water partition coefficient (Wildman–Crippen LogP) is 2.74. The van der Waals surface area contributed by atoms with Crippen LogP contribution in [0.5, 0.6) is 0 Å². The normalized spacial score (nSPS) is 14.4. The lowest BCUT2D eigenvalue weighted by Crippen LogP contribution is -2.38. The van der Waals surface area contributed by atoms with Gasteiger partial charge >= 0.3 is 6.03 Å². The summed E-state index contributed by atoms with van der Waals surface area (Å²) in [4.78, 5) is 34.8. The highest BCUT2D eigenvalue weighted by Gasteiger charge is 2.15. The summed E-state index contributed by atoms with van der Waals surface area (Å²) in [6.45, 7) is 1.49. The molecule has 0 spiro atoms. The number of anilines is 2. The van der Waals surface area contributed by atoms with Gasteiger partial charge in [-0.1, -0.05) is 19.3 Å². The quantitative estimate of drug-likeness (QED) is 0.624. The molecule has 0 heterocycles. The molecule has 2 rings (SSSR count). The third-order valence-electron chi connectivity index (χ3n) is 4.14. The molecule has 1 aliphatic rings. The molecular weight excluding hydrogens is 339 g/mol. The molecule has 1 fully saturated rings. The van der Waals surface area contributed by atoms with Crippen LogP contribution >= 0.6 is 0 Å². The fourth-order valence-electron chi connectivity index (χ4n) is 2.90. The van der Waals surface area contributed by atoms with Crippen molar-refractivity contribution in [3.63, 3.8) is 0 Å². The molecule has 8 heteroatoms. The van der Waals surface area contributed by atoms with E-state index in [9.17, 15) is 18.8 Å². The standard InChI is InChI=1S/C18H25FN4O3/c1-12(24)21-14-7-8-15(19)16(11-14)23-18(26)20-10-9-17(25)22-13-5-3-2-4-6-13/h7-8,11,13H,2-6,9-10H2,1H3,(H,21,24)(H,22,25)(H2,20,23,26). The topological polar surface area (TPSA) is 99.3 Å². The Morgan fingerprint density at radius 3 is 2.54 bits per heavy atom. The average molecular weight is 364 g/mol. The van der Waals surface area contributed by atoms with E-state index in [1.807, 2.05) is 0 Å². The molecule has 142 valence electrons. The molecule has 0 saturated heterocycles. The van der Waals surface area contributed by atoms with Crippen molar-refractivity contribution in [3.8, 4) is 0 Å². The molecule has 26 heavy (non-hydrogen) atoms. The number of amides is 4. The predicted molar refractivity (Wildman–Crippen MR) is 97.4 cm³/mol. The number of benzene rings is 1. The van der Waals surface area contributed by atoms with Crippen LogP contribution in [0, 0.1) is 5.82 Å². The molecule has 0 radical (unpaired) electrons. The number of rotatable bonds is 6. The minimum Gasteiger partial charge on any atom is -0.353 e. The fraction of sp³-hybridized carbons (Fsp3) is 0.500. The molecule has 4 amide bonds. The van der Waals surface area contributed by atoms with Crippen molar-refractivity contribution < 1.29 is 18.8 Å². The van der Waals surface area contributed by atoms with Crippen LogP contribution in [-0.2, 0) is 9.59 Å². The molecule has 1 aromatic carbocycles. The Labute approximate surface area is 152 Å². The summed E-state index contributed by atoms with van der Waals surface area (Å²) in [5.41, 5.74) is 0.321. The van der Waals surface area contributed by atoms with Crippen LogP contribution in [0.15, 0.2) is 18.2 Å². The summed E-state index contributed by atoms with van der Waals surface area (Å²) in [7, 11) is 0. The Balaban J connectivity index is 1.74. The van der Waals surface area contributed by atoms with Gasteiger partial charge in [-0.15, -0.1) is 0 Å². The van der Waals surface area contributed by atoms with Crippen LogP contribution in [-0.4, -0.2) is 30.4 Å². The molecule has 0 unspecified atom stereocenters. The van der Waals surface area contributed by atoms with Crippen molar-refractivity contribution in [3.05, 3.63) is 24.0 Å². The van der Waals surface area contributed by atoms with E-state index in [0.717, 1.165) is 31.7 Å². The first kappa shape index (κ1) is 19.7. The number of hydrogen-bond donors (Lipinski definition) is 4. The van der Waals surface area contributed by atoms with Gasteiger partial charge in [-0.3, -0.25) is 9.59 Å². The molecule has 1 saturated carbocycles. The van der Waals surface area contributed by atoms with Crippen molar-refractivity contribution in [2.75, 3.05) is 17.2 Å². The highest BCUT2D eigenvalue weighted by molar-refractivity contribution is 5.92. The monoisotopic (exact) mass is 364 g/mol. The third kappa shape index (κ3) is 6.70. The van der Waals surface area contributed by atoms with Gasteiger partial charge in [-0.05, 0) is 31.0 Å². The first-order chi connectivity index (χ1) is 12.4. The molecule has 7 nitrogen and oxygen atoms in total. The average Bonchev–Trinajstić information content (AvgIpc) is 2.58. The maximum absolute atomic E-state index is 13.8. The molecule has 0 aromatic heterocycles. The highest BCUT2D eigenvalue weighted by Crippen LogP contribution is 2.19. The Bertz CT molecular complexity index is 660. The lowest BCUT2D eigenvalue weighted by molar-refractivity contribution is -0.121. The van der Waals surface area contributed by atoms with Crippen molar-refractivity contribution in [2.24, 2.45) is 0 Å². The van der Waals surface area contributed by atoms with Crippen LogP contribution in [0.25, 0.3) is 0 Å². The second-order valence-electron chi connectivity index (χ2n) is 6.41. The summed E-state index contributed by atoms with van der Waals surface area (Å²) in [5, 5.41) is 10.4. The lowest BCUT2D eigenvalue weighted by Gasteiger charge is -2.22. The number of carbonyl (C=O) groups is 3. The van der Waals surface area contributed by atoms with Gasteiger partial charge in [0.2, 0.25) is 11.8 Å². The van der Waals surface area contributed by atoms with Crippen molar-refractivity contribution in [2.45, 2.75) is 51.5 Å². The zero-order valence-corrected chi connectivity index (χ0v) is 14.9. The second-order valence-corrected chi connectivity index (χ2v) is 6.41. The maximum atomic E-state index is 13.8. The van der Waals surface area contributed by atoms with E-state index in [-0.39, 0.29) is 36.5 Å². The maximum Gasteiger partial charge on any atom is 0.319 e. The van der Waals surface area contributed by atoms with E-state index < -0.39 is 11.8 Å². The molecule has 0 atom stereocenters. The van der Waals surface area contributed by atoms with Crippen molar-refractivity contribution in [1.29, 1.82) is 0 Å². The van der Waals surface area contributed by atoms with E-state index in [0.29, 0.717) is 5.69 Å². The van der Waals surface area contributed by atoms with Gasteiger partial charge in [-0.2, -0.15) is 0 Å². The molecule has 1 aliphatic carbocycles. The SMILES string of the molecule is CC(=O)Nc1ccc(F)c(NC(=O)NCCC(=O)NC2CCCCC2)c1. The second kappa shape index (κ2) is 9.74. The Morgan fingerprint density at radius 2 is 1.85 bits per heavy atom. The Morgan fingerprint density at radius 1 is 1.12 bits per heavy atom. The van der Waals surface area contributed by atoms with Crippen LogP contribution < -0.4 is 21.3 Å². The van der Waals surface area contributed by atoms with Crippen LogP contribution in [0.4, 0.5) is 20.6 Å². The summed E-state index contributed by atoms with van der Waals surface area (Å²) < 4.78 is 13.8. The first-order valence-corrected chi connectivity index (χ1v) is 8.85. The number of urea groups is 1. The van der Waals surface area contributed by atoms with Gasteiger partial charge in [0, 0.05) is 31.6 Å². The molecule has 0 aliphatic heterocycles. The van der Waals surface area contributed by atoms with Crippen molar-refractivity contribution >= 4 is 29.2 Å². The third-order valence-corrected chi connectivity index (χ3v) is 4.14. The molecular formula is C18H25FN4O3. The summed E-state index contributed by atoms with van der Waals surface area (Å²) in [5.74, 6) is -1.02. The molecule has 0 bridgehead atoms. The van der Waals surface area contributed by atoms with E-state index in [1.165, 1.54) is 25.5 Å². The summed E-state index contributed by atoms with van der Waals surface area (Å²) in [6.07, 6.45) is 5.66.